The predicted octanol–water partition coefficient (Wildman–Crippen LogP) is 2.73. The van der Waals surface area contributed by atoms with Gasteiger partial charge in [0.15, 0.2) is 0 Å². The molecule has 0 spiro atoms. The molecule has 2 aromatic carbocycles. The molecule has 0 aliphatic heterocycles. The standard InChI is InChI=1S/C19H18N2O3/c1-14-4-2-7-17(10-14)19(23)21-9-8-18(22)24-13-16-6-3-5-15(11-16)12-20/h2-7,10-11H,8-9,13H2,1H3,(H,21,23). The van der Waals surface area contributed by atoms with E-state index in [1.165, 1.54) is 0 Å². The highest BCUT2D eigenvalue weighted by molar-refractivity contribution is 5.94. The summed E-state index contributed by atoms with van der Waals surface area (Å²) < 4.78 is 5.13. The second kappa shape index (κ2) is 8.49. The number of nitriles is 1. The first-order valence-corrected chi connectivity index (χ1v) is 7.58. The van der Waals surface area contributed by atoms with Crippen molar-refractivity contribution >= 4 is 11.9 Å². The summed E-state index contributed by atoms with van der Waals surface area (Å²) in [5, 5.41) is 11.5. The van der Waals surface area contributed by atoms with Crippen molar-refractivity contribution in [3.8, 4) is 6.07 Å². The average Bonchev–Trinajstić information content (AvgIpc) is 2.60. The highest BCUT2D eigenvalue weighted by Crippen LogP contribution is 2.06. The highest BCUT2D eigenvalue weighted by atomic mass is 16.5. The van der Waals surface area contributed by atoms with E-state index in [9.17, 15) is 9.59 Å². The Morgan fingerprint density at radius 3 is 2.71 bits per heavy atom. The second-order valence-corrected chi connectivity index (χ2v) is 5.35. The Kier molecular flexibility index (Phi) is 6.09. The van der Waals surface area contributed by atoms with Crippen LogP contribution in [-0.4, -0.2) is 18.4 Å². The van der Waals surface area contributed by atoms with Crippen molar-refractivity contribution in [2.75, 3.05) is 6.54 Å². The van der Waals surface area contributed by atoms with Crippen LogP contribution in [0.15, 0.2) is 48.5 Å². The van der Waals surface area contributed by atoms with Gasteiger partial charge in [-0.25, -0.2) is 0 Å². The van der Waals surface area contributed by atoms with Crippen molar-refractivity contribution in [1.82, 2.24) is 5.32 Å². The Labute approximate surface area is 140 Å². The van der Waals surface area contributed by atoms with E-state index in [2.05, 4.69) is 5.32 Å². The van der Waals surface area contributed by atoms with Crippen LogP contribution in [0.4, 0.5) is 0 Å². The number of benzene rings is 2. The number of aryl methyl sites for hydroxylation is 1. The van der Waals surface area contributed by atoms with Crippen LogP contribution in [0.1, 0.15) is 33.5 Å². The lowest BCUT2D eigenvalue weighted by atomic mass is 10.1. The zero-order valence-corrected chi connectivity index (χ0v) is 13.4. The SMILES string of the molecule is Cc1cccc(C(=O)NCCC(=O)OCc2cccc(C#N)c2)c1. The molecule has 0 saturated heterocycles. The highest BCUT2D eigenvalue weighted by Gasteiger charge is 2.08. The number of amides is 1. The lowest BCUT2D eigenvalue weighted by Crippen LogP contribution is -2.26. The molecule has 0 atom stereocenters. The number of hydrogen-bond acceptors (Lipinski definition) is 4. The van der Waals surface area contributed by atoms with E-state index in [0.717, 1.165) is 11.1 Å². The van der Waals surface area contributed by atoms with Gasteiger partial charge in [-0.3, -0.25) is 9.59 Å². The molecular weight excluding hydrogens is 304 g/mol. The molecule has 2 rings (SSSR count). The van der Waals surface area contributed by atoms with Crippen molar-refractivity contribution < 1.29 is 14.3 Å². The number of esters is 1. The first kappa shape index (κ1) is 17.2. The summed E-state index contributed by atoms with van der Waals surface area (Å²) in [7, 11) is 0. The molecule has 1 amide bonds. The van der Waals surface area contributed by atoms with Crippen LogP contribution < -0.4 is 5.32 Å². The van der Waals surface area contributed by atoms with Crippen LogP contribution in [0.3, 0.4) is 0 Å². The van der Waals surface area contributed by atoms with Crippen molar-refractivity contribution in [3.63, 3.8) is 0 Å². The Balaban J connectivity index is 1.73. The van der Waals surface area contributed by atoms with E-state index in [0.29, 0.717) is 11.1 Å². The molecule has 24 heavy (non-hydrogen) atoms. The van der Waals surface area contributed by atoms with E-state index in [1.807, 2.05) is 25.1 Å². The molecule has 0 fully saturated rings. The summed E-state index contributed by atoms with van der Waals surface area (Å²) in [6.07, 6.45) is 0.0928. The first-order chi connectivity index (χ1) is 11.6. The average molecular weight is 322 g/mol. The molecule has 0 bridgehead atoms. The normalized spacial score (nSPS) is 9.83. The van der Waals surface area contributed by atoms with Gasteiger partial charge in [-0.05, 0) is 36.8 Å². The summed E-state index contributed by atoms with van der Waals surface area (Å²) >= 11 is 0. The van der Waals surface area contributed by atoms with Gasteiger partial charge in [-0.2, -0.15) is 5.26 Å². The van der Waals surface area contributed by atoms with Gasteiger partial charge in [-0.15, -0.1) is 0 Å². The molecule has 0 radical (unpaired) electrons. The van der Waals surface area contributed by atoms with Gasteiger partial charge in [0.1, 0.15) is 6.61 Å². The molecule has 0 unspecified atom stereocenters. The summed E-state index contributed by atoms with van der Waals surface area (Å²) in [5.74, 6) is -0.616. The zero-order chi connectivity index (χ0) is 17.4. The molecule has 0 heterocycles. The van der Waals surface area contributed by atoms with Gasteiger partial charge in [-0.1, -0.05) is 29.8 Å². The molecule has 0 aromatic heterocycles. The van der Waals surface area contributed by atoms with E-state index in [-0.39, 0.29) is 25.5 Å². The van der Waals surface area contributed by atoms with Gasteiger partial charge in [0.2, 0.25) is 0 Å². The third-order valence-corrected chi connectivity index (χ3v) is 3.35. The molecule has 5 nitrogen and oxygen atoms in total. The fourth-order valence-electron chi connectivity index (χ4n) is 2.13. The Bertz CT molecular complexity index is 778. The van der Waals surface area contributed by atoms with Crippen LogP contribution in [0.5, 0.6) is 0 Å². The fourth-order valence-corrected chi connectivity index (χ4v) is 2.13. The number of hydrogen-bond donors (Lipinski definition) is 1. The van der Waals surface area contributed by atoms with E-state index in [1.54, 1.807) is 36.4 Å². The van der Waals surface area contributed by atoms with Gasteiger partial charge in [0, 0.05) is 12.1 Å². The molecule has 122 valence electrons. The minimum atomic E-state index is -0.401. The first-order valence-electron chi connectivity index (χ1n) is 7.58. The third-order valence-electron chi connectivity index (χ3n) is 3.35. The van der Waals surface area contributed by atoms with Crippen molar-refractivity contribution in [2.24, 2.45) is 0 Å². The number of nitrogens with one attached hydrogen (secondary N) is 1. The molecule has 1 N–H and O–H groups in total. The minimum Gasteiger partial charge on any atom is -0.461 e. The maximum absolute atomic E-state index is 11.9. The molecule has 2 aromatic rings. The smallest absolute Gasteiger partial charge is 0.307 e. The largest absolute Gasteiger partial charge is 0.461 e. The van der Waals surface area contributed by atoms with Crippen LogP contribution >= 0.6 is 0 Å². The topological polar surface area (TPSA) is 79.2 Å². The van der Waals surface area contributed by atoms with Crippen LogP contribution in [-0.2, 0) is 16.1 Å². The van der Waals surface area contributed by atoms with Gasteiger partial charge in [0.05, 0.1) is 18.1 Å². The monoisotopic (exact) mass is 322 g/mol. The van der Waals surface area contributed by atoms with Gasteiger partial charge < -0.3 is 10.1 Å². The van der Waals surface area contributed by atoms with Crippen molar-refractivity contribution in [3.05, 3.63) is 70.8 Å². The third kappa shape index (κ3) is 5.25. The molecule has 0 aliphatic rings. The maximum atomic E-state index is 11.9. The number of carbonyl (C=O) groups excluding carboxylic acids is 2. The van der Waals surface area contributed by atoms with E-state index in [4.69, 9.17) is 10.00 Å². The lowest BCUT2D eigenvalue weighted by Gasteiger charge is -2.07. The maximum Gasteiger partial charge on any atom is 0.307 e. The summed E-state index contributed by atoms with van der Waals surface area (Å²) in [6, 6.07) is 16.2. The summed E-state index contributed by atoms with van der Waals surface area (Å²) in [6.45, 7) is 2.24. The number of rotatable bonds is 6. The lowest BCUT2D eigenvalue weighted by molar-refractivity contribution is -0.144. The van der Waals surface area contributed by atoms with Crippen molar-refractivity contribution in [2.45, 2.75) is 20.0 Å². The summed E-state index contributed by atoms with van der Waals surface area (Å²) in [5.41, 5.74) is 2.85. The Morgan fingerprint density at radius 2 is 1.96 bits per heavy atom. The number of nitrogens with zero attached hydrogens (tertiary/aromatic N) is 1. The minimum absolute atomic E-state index is 0.0928. The molecular formula is C19H18N2O3. The number of ether oxygens (including phenoxy) is 1. The van der Waals surface area contributed by atoms with Gasteiger partial charge >= 0.3 is 5.97 Å². The Hall–Kier alpha value is -3.13. The van der Waals surface area contributed by atoms with Gasteiger partial charge in [0.25, 0.3) is 5.91 Å². The fraction of sp³-hybridized carbons (Fsp3) is 0.211. The second-order valence-electron chi connectivity index (χ2n) is 5.35. The van der Waals surface area contributed by atoms with Crippen LogP contribution in [0.2, 0.25) is 0 Å². The summed E-state index contributed by atoms with van der Waals surface area (Å²) in [4.78, 5) is 23.6. The van der Waals surface area contributed by atoms with Crippen LogP contribution in [0, 0.1) is 18.3 Å². The molecule has 5 heteroatoms. The predicted molar refractivity (Wildman–Crippen MR) is 89.1 cm³/mol. The Morgan fingerprint density at radius 1 is 1.17 bits per heavy atom. The van der Waals surface area contributed by atoms with E-state index >= 15 is 0 Å². The van der Waals surface area contributed by atoms with Crippen molar-refractivity contribution in [1.29, 1.82) is 5.26 Å². The quantitative estimate of drug-likeness (QED) is 0.829. The van der Waals surface area contributed by atoms with Crippen LogP contribution in [0.25, 0.3) is 0 Å². The molecule has 0 aliphatic carbocycles. The molecule has 0 saturated carbocycles. The van der Waals surface area contributed by atoms with E-state index < -0.39 is 5.97 Å². The zero-order valence-electron chi connectivity index (χ0n) is 13.4. The number of carbonyl (C=O) groups is 2.